The summed E-state index contributed by atoms with van der Waals surface area (Å²) in [4.78, 5) is 0. The fourth-order valence-electron chi connectivity index (χ4n) is 1.97. The van der Waals surface area contributed by atoms with Crippen LogP contribution in [-0.4, -0.2) is 24.9 Å². The third-order valence-electron chi connectivity index (χ3n) is 3.00. The number of hydrogen-bond donors (Lipinski definition) is 2. The topological polar surface area (TPSA) is 41.5 Å². The summed E-state index contributed by atoms with van der Waals surface area (Å²) in [6.07, 6.45) is 0.552. The highest BCUT2D eigenvalue weighted by atomic mass is 16.5. The summed E-state index contributed by atoms with van der Waals surface area (Å²) in [5.41, 5.74) is 1.17. The van der Waals surface area contributed by atoms with Crippen molar-refractivity contribution in [1.82, 2.24) is 5.32 Å². The van der Waals surface area contributed by atoms with Crippen molar-refractivity contribution in [1.29, 1.82) is 0 Å². The summed E-state index contributed by atoms with van der Waals surface area (Å²) in [5, 5.41) is 13.2. The molecule has 102 valence electrons. The van der Waals surface area contributed by atoms with Gasteiger partial charge in [0.1, 0.15) is 5.75 Å². The van der Waals surface area contributed by atoms with Crippen LogP contribution in [0.25, 0.3) is 0 Å². The first-order chi connectivity index (χ1) is 8.52. The second-order valence-corrected chi connectivity index (χ2v) is 5.19. The highest BCUT2D eigenvalue weighted by Gasteiger charge is 2.10. The van der Waals surface area contributed by atoms with Crippen molar-refractivity contribution >= 4 is 0 Å². The van der Waals surface area contributed by atoms with Crippen LogP contribution < -0.4 is 10.1 Å². The molecule has 1 aromatic carbocycles. The Balaban J connectivity index is 2.46. The molecule has 18 heavy (non-hydrogen) atoms. The van der Waals surface area contributed by atoms with Crippen molar-refractivity contribution in [3.63, 3.8) is 0 Å². The lowest BCUT2D eigenvalue weighted by Gasteiger charge is -2.19. The number of benzene rings is 1. The van der Waals surface area contributed by atoms with Gasteiger partial charge in [-0.05, 0) is 37.0 Å². The van der Waals surface area contributed by atoms with E-state index in [0.29, 0.717) is 12.5 Å². The molecule has 3 nitrogen and oxygen atoms in total. The molecular formula is C15H25NO2. The molecular weight excluding hydrogens is 226 g/mol. The zero-order chi connectivity index (χ0) is 13.5. The van der Waals surface area contributed by atoms with Gasteiger partial charge in [0, 0.05) is 12.6 Å². The van der Waals surface area contributed by atoms with E-state index < -0.39 is 0 Å². The lowest BCUT2D eigenvalue weighted by atomic mass is 10.0. The third-order valence-corrected chi connectivity index (χ3v) is 3.00. The molecule has 0 amide bonds. The zero-order valence-corrected chi connectivity index (χ0v) is 11.8. The Morgan fingerprint density at radius 3 is 2.61 bits per heavy atom. The molecule has 0 radical (unpaired) electrons. The molecule has 0 aliphatic rings. The molecule has 2 N–H and O–H groups in total. The molecule has 3 heteroatoms. The Morgan fingerprint density at radius 2 is 2.00 bits per heavy atom. The summed E-state index contributed by atoms with van der Waals surface area (Å²) >= 11 is 0. The first kappa shape index (κ1) is 15.0. The third kappa shape index (κ3) is 5.07. The average Bonchev–Trinajstić information content (AvgIpc) is 2.35. The molecule has 0 saturated carbocycles. The van der Waals surface area contributed by atoms with Gasteiger partial charge in [0.2, 0.25) is 0 Å². The molecule has 0 saturated heterocycles. The van der Waals surface area contributed by atoms with Gasteiger partial charge >= 0.3 is 0 Å². The number of rotatable bonds is 7. The van der Waals surface area contributed by atoms with Gasteiger partial charge in [0.15, 0.2) is 0 Å². The minimum Gasteiger partial charge on any atom is -0.497 e. The number of aliphatic hydroxyl groups excluding tert-OH is 1. The molecule has 0 bridgehead atoms. The number of nitrogens with one attached hydrogen (secondary N) is 1. The monoisotopic (exact) mass is 251 g/mol. The second kappa shape index (κ2) is 7.39. The number of methoxy groups -OCH3 is 1. The summed E-state index contributed by atoms with van der Waals surface area (Å²) < 4.78 is 5.21. The Kier molecular flexibility index (Phi) is 6.16. The highest BCUT2D eigenvalue weighted by Crippen LogP contribution is 2.18. The van der Waals surface area contributed by atoms with E-state index in [1.54, 1.807) is 7.11 Å². The number of ether oxygens (including phenoxy) is 1. The molecule has 0 aromatic heterocycles. The molecule has 0 fully saturated rings. The quantitative estimate of drug-likeness (QED) is 0.783. The van der Waals surface area contributed by atoms with Crippen LogP contribution in [0.5, 0.6) is 5.75 Å². The summed E-state index contributed by atoms with van der Waals surface area (Å²) in [6, 6.07) is 8.21. The standard InChI is InChI=1S/C15H25NO2/c1-11(2)8-14(17)10-16-12(3)13-6-5-7-15(9-13)18-4/h5-7,9,11-12,14,16-17H,8,10H2,1-4H3. The van der Waals surface area contributed by atoms with Crippen LogP contribution in [0.3, 0.4) is 0 Å². The maximum Gasteiger partial charge on any atom is 0.119 e. The summed E-state index contributed by atoms with van der Waals surface area (Å²) in [5.74, 6) is 1.39. The van der Waals surface area contributed by atoms with E-state index in [9.17, 15) is 5.11 Å². The van der Waals surface area contributed by atoms with Gasteiger partial charge in [-0.3, -0.25) is 0 Å². The minimum atomic E-state index is -0.280. The van der Waals surface area contributed by atoms with Gasteiger partial charge in [-0.25, -0.2) is 0 Å². The smallest absolute Gasteiger partial charge is 0.119 e. The minimum absolute atomic E-state index is 0.210. The van der Waals surface area contributed by atoms with Crippen molar-refractivity contribution in [3.8, 4) is 5.75 Å². The van der Waals surface area contributed by atoms with Crippen molar-refractivity contribution in [2.75, 3.05) is 13.7 Å². The van der Waals surface area contributed by atoms with E-state index in [4.69, 9.17) is 4.74 Å². The molecule has 2 unspecified atom stereocenters. The van der Waals surface area contributed by atoms with E-state index >= 15 is 0 Å². The van der Waals surface area contributed by atoms with E-state index in [2.05, 4.69) is 32.2 Å². The maximum absolute atomic E-state index is 9.83. The Labute approximate surface area is 110 Å². The highest BCUT2D eigenvalue weighted by molar-refractivity contribution is 5.30. The predicted molar refractivity (Wildman–Crippen MR) is 74.9 cm³/mol. The molecule has 0 heterocycles. The van der Waals surface area contributed by atoms with Crippen LogP contribution in [0.2, 0.25) is 0 Å². The Morgan fingerprint density at radius 1 is 1.28 bits per heavy atom. The first-order valence-electron chi connectivity index (χ1n) is 6.58. The molecule has 0 aliphatic heterocycles. The van der Waals surface area contributed by atoms with Gasteiger partial charge in [0.05, 0.1) is 13.2 Å². The van der Waals surface area contributed by atoms with Crippen LogP contribution in [0, 0.1) is 5.92 Å². The molecule has 2 atom stereocenters. The normalized spacial score (nSPS) is 14.6. The first-order valence-corrected chi connectivity index (χ1v) is 6.58. The number of hydrogen-bond acceptors (Lipinski definition) is 3. The molecule has 0 spiro atoms. The van der Waals surface area contributed by atoms with Gasteiger partial charge < -0.3 is 15.2 Å². The van der Waals surface area contributed by atoms with E-state index in [-0.39, 0.29) is 12.1 Å². The number of aliphatic hydroxyl groups is 1. The van der Waals surface area contributed by atoms with Crippen molar-refractivity contribution < 1.29 is 9.84 Å². The van der Waals surface area contributed by atoms with Gasteiger partial charge in [-0.1, -0.05) is 26.0 Å². The molecule has 0 aliphatic carbocycles. The van der Waals surface area contributed by atoms with Crippen LogP contribution >= 0.6 is 0 Å². The fourth-order valence-corrected chi connectivity index (χ4v) is 1.97. The maximum atomic E-state index is 9.83. The van der Waals surface area contributed by atoms with Gasteiger partial charge in [0.25, 0.3) is 0 Å². The van der Waals surface area contributed by atoms with E-state index in [1.165, 1.54) is 5.56 Å². The van der Waals surface area contributed by atoms with Gasteiger partial charge in [-0.15, -0.1) is 0 Å². The van der Waals surface area contributed by atoms with Crippen molar-refractivity contribution in [2.24, 2.45) is 5.92 Å². The fraction of sp³-hybridized carbons (Fsp3) is 0.600. The lowest BCUT2D eigenvalue weighted by Crippen LogP contribution is -2.29. The van der Waals surface area contributed by atoms with Crippen molar-refractivity contribution in [2.45, 2.75) is 39.3 Å². The van der Waals surface area contributed by atoms with E-state index in [1.807, 2.05) is 18.2 Å². The Hall–Kier alpha value is -1.06. The zero-order valence-electron chi connectivity index (χ0n) is 11.8. The second-order valence-electron chi connectivity index (χ2n) is 5.19. The summed E-state index contributed by atoms with van der Waals surface area (Å²) in [6.45, 7) is 6.96. The van der Waals surface area contributed by atoms with E-state index in [0.717, 1.165) is 12.2 Å². The largest absolute Gasteiger partial charge is 0.497 e. The van der Waals surface area contributed by atoms with Crippen LogP contribution in [0.1, 0.15) is 38.8 Å². The van der Waals surface area contributed by atoms with Crippen LogP contribution in [0.4, 0.5) is 0 Å². The summed E-state index contributed by atoms with van der Waals surface area (Å²) in [7, 11) is 1.67. The average molecular weight is 251 g/mol. The molecule has 1 rings (SSSR count). The van der Waals surface area contributed by atoms with Crippen molar-refractivity contribution in [3.05, 3.63) is 29.8 Å². The van der Waals surface area contributed by atoms with Crippen LogP contribution in [0.15, 0.2) is 24.3 Å². The Bertz CT molecular complexity index is 352. The SMILES string of the molecule is COc1cccc(C(C)NCC(O)CC(C)C)c1. The van der Waals surface area contributed by atoms with Crippen LogP contribution in [-0.2, 0) is 0 Å². The lowest BCUT2D eigenvalue weighted by molar-refractivity contribution is 0.143. The van der Waals surface area contributed by atoms with Gasteiger partial charge in [-0.2, -0.15) is 0 Å². The predicted octanol–water partition coefficient (Wildman–Crippen LogP) is 2.75. The molecule has 1 aromatic rings.